The van der Waals surface area contributed by atoms with Gasteiger partial charge in [0.05, 0.1) is 0 Å². The third-order valence-electron chi connectivity index (χ3n) is 2.96. The van der Waals surface area contributed by atoms with Crippen LogP contribution in [0.5, 0.6) is 0 Å². The van der Waals surface area contributed by atoms with E-state index in [1.165, 1.54) is 6.54 Å². The topological polar surface area (TPSA) is 6.25 Å². The molecule has 2 aliphatic rings. The molecule has 0 radical (unpaired) electrons. The summed E-state index contributed by atoms with van der Waals surface area (Å²) in [5.41, 5.74) is 0. The number of likely N-dealkylation sites (N-methyl/N-ethyl adjacent to an activating group) is 2. The number of hydrogen-bond acceptors (Lipinski definition) is 2. The van der Waals surface area contributed by atoms with Crippen LogP contribution in [0.1, 0.15) is 6.92 Å². The second-order valence-electron chi connectivity index (χ2n) is 3.40. The van der Waals surface area contributed by atoms with Gasteiger partial charge < -0.3 is 4.90 Å². The minimum Gasteiger partial charge on any atom is -0.300 e. The summed E-state index contributed by atoms with van der Waals surface area (Å²) >= 11 is 0. The van der Waals surface area contributed by atoms with Crippen LogP contribution in [0.25, 0.3) is 0 Å². The molecule has 2 saturated heterocycles. The molecule has 0 aromatic rings. The maximum absolute atomic E-state index is 2.46. The molecule has 4 unspecified atom stereocenters. The largest absolute Gasteiger partial charge is 0.300 e. The summed E-state index contributed by atoms with van der Waals surface area (Å²) in [7, 11) is 4.43. The predicted octanol–water partition coefficient (Wildman–Crippen LogP) is 0.00290. The Morgan fingerprint density at radius 2 is 2.00 bits per heavy atom. The van der Waals surface area contributed by atoms with Gasteiger partial charge in [-0.15, -0.1) is 0 Å². The first-order valence-corrected chi connectivity index (χ1v) is 3.64. The van der Waals surface area contributed by atoms with Crippen molar-refractivity contribution in [2.75, 3.05) is 20.6 Å². The molecule has 2 aliphatic heterocycles. The van der Waals surface area contributed by atoms with Crippen LogP contribution in [0.15, 0.2) is 0 Å². The highest BCUT2D eigenvalue weighted by molar-refractivity contribution is 5.12. The summed E-state index contributed by atoms with van der Waals surface area (Å²) in [5, 5.41) is 0. The predicted molar refractivity (Wildman–Crippen MR) is 37.4 cm³/mol. The smallest absolute Gasteiger partial charge is 0.0417 e. The molecule has 9 heavy (non-hydrogen) atoms. The Morgan fingerprint density at radius 3 is 2.33 bits per heavy atom. The SMILES string of the molecule is CC1C2C(CN1C)N2C. The van der Waals surface area contributed by atoms with Crippen molar-refractivity contribution in [3.05, 3.63) is 0 Å². The number of piperazine rings is 1. The van der Waals surface area contributed by atoms with E-state index in [0.717, 1.165) is 18.1 Å². The average molecular weight is 126 g/mol. The van der Waals surface area contributed by atoms with Gasteiger partial charge in [0.2, 0.25) is 0 Å². The monoisotopic (exact) mass is 126 g/mol. The van der Waals surface area contributed by atoms with E-state index in [-0.39, 0.29) is 0 Å². The highest BCUT2D eigenvalue weighted by atomic mass is 15.4. The van der Waals surface area contributed by atoms with E-state index in [0.29, 0.717) is 0 Å². The molecule has 0 aromatic carbocycles. The molecule has 0 aromatic heterocycles. The molecule has 0 aliphatic carbocycles. The molecule has 2 rings (SSSR count). The third kappa shape index (κ3) is 0.578. The fraction of sp³-hybridized carbons (Fsp3) is 1.00. The van der Waals surface area contributed by atoms with Gasteiger partial charge in [-0.1, -0.05) is 0 Å². The average Bonchev–Trinajstić information content (AvgIpc) is 2.29. The van der Waals surface area contributed by atoms with E-state index in [1.54, 1.807) is 0 Å². The molecule has 0 spiro atoms. The molecule has 52 valence electrons. The van der Waals surface area contributed by atoms with E-state index in [4.69, 9.17) is 0 Å². The summed E-state index contributed by atoms with van der Waals surface area (Å²) in [5.74, 6) is 0. The van der Waals surface area contributed by atoms with Crippen molar-refractivity contribution in [3.63, 3.8) is 0 Å². The lowest BCUT2D eigenvalue weighted by Crippen LogP contribution is -2.32. The zero-order valence-electron chi connectivity index (χ0n) is 6.33. The van der Waals surface area contributed by atoms with Crippen LogP contribution < -0.4 is 0 Å². The van der Waals surface area contributed by atoms with Crippen LogP contribution in [-0.4, -0.2) is 48.6 Å². The van der Waals surface area contributed by atoms with Crippen molar-refractivity contribution in [1.29, 1.82) is 0 Å². The Labute approximate surface area is 56.4 Å². The van der Waals surface area contributed by atoms with Crippen LogP contribution in [-0.2, 0) is 0 Å². The first-order chi connectivity index (χ1) is 4.22. The molecule has 4 atom stereocenters. The molecular weight excluding hydrogens is 112 g/mol. The van der Waals surface area contributed by atoms with Crippen molar-refractivity contribution in [2.45, 2.75) is 25.0 Å². The van der Waals surface area contributed by atoms with Gasteiger partial charge in [-0.2, -0.15) is 0 Å². The maximum atomic E-state index is 2.46. The van der Waals surface area contributed by atoms with E-state index in [1.807, 2.05) is 0 Å². The van der Waals surface area contributed by atoms with Crippen LogP contribution in [0, 0.1) is 0 Å². The zero-order chi connectivity index (χ0) is 6.59. The lowest BCUT2D eigenvalue weighted by atomic mass is 10.2. The van der Waals surface area contributed by atoms with E-state index in [2.05, 4.69) is 30.8 Å². The van der Waals surface area contributed by atoms with Gasteiger partial charge in [0, 0.05) is 24.7 Å². The minimum atomic E-state index is 0.792. The highest BCUT2D eigenvalue weighted by Crippen LogP contribution is 2.37. The molecule has 2 heteroatoms. The number of hydrogen-bond donors (Lipinski definition) is 0. The molecule has 0 N–H and O–H groups in total. The summed E-state index contributed by atoms with van der Waals surface area (Å²) in [6, 6.07) is 2.57. The molecule has 0 amide bonds. The van der Waals surface area contributed by atoms with E-state index >= 15 is 0 Å². The van der Waals surface area contributed by atoms with Crippen molar-refractivity contribution < 1.29 is 0 Å². The van der Waals surface area contributed by atoms with Crippen LogP contribution in [0.3, 0.4) is 0 Å². The third-order valence-corrected chi connectivity index (χ3v) is 2.96. The summed E-state index contributed by atoms with van der Waals surface area (Å²) < 4.78 is 0. The fourth-order valence-electron chi connectivity index (χ4n) is 2.05. The molecular formula is C7H14N2. The number of fused-ring (bicyclic) bond motifs is 1. The van der Waals surface area contributed by atoms with Gasteiger partial charge in [-0.3, -0.25) is 4.90 Å². The Hall–Kier alpha value is -0.0800. The van der Waals surface area contributed by atoms with Gasteiger partial charge in [0.25, 0.3) is 0 Å². The summed E-state index contributed by atoms with van der Waals surface area (Å²) in [4.78, 5) is 4.90. The molecule has 0 saturated carbocycles. The second-order valence-corrected chi connectivity index (χ2v) is 3.40. The van der Waals surface area contributed by atoms with Gasteiger partial charge in [-0.05, 0) is 21.0 Å². The van der Waals surface area contributed by atoms with Gasteiger partial charge >= 0.3 is 0 Å². The fourth-order valence-corrected chi connectivity index (χ4v) is 2.05. The van der Waals surface area contributed by atoms with Gasteiger partial charge in [-0.25, -0.2) is 0 Å². The van der Waals surface area contributed by atoms with Crippen molar-refractivity contribution in [2.24, 2.45) is 0 Å². The number of nitrogens with zero attached hydrogens (tertiary/aromatic N) is 2. The molecule has 2 heterocycles. The molecule has 0 bridgehead atoms. The lowest BCUT2D eigenvalue weighted by molar-refractivity contribution is 0.251. The minimum absolute atomic E-state index is 0.792. The van der Waals surface area contributed by atoms with Crippen LogP contribution >= 0.6 is 0 Å². The Bertz CT molecular complexity index is 135. The van der Waals surface area contributed by atoms with Crippen molar-refractivity contribution in [3.8, 4) is 0 Å². The van der Waals surface area contributed by atoms with Gasteiger partial charge in [0.15, 0.2) is 0 Å². The quantitative estimate of drug-likeness (QED) is 0.422. The standard InChI is InChI=1S/C7H14N2/c1-5-7-6(9(7)3)4-8(5)2/h5-7H,4H2,1-3H3. The summed E-state index contributed by atoms with van der Waals surface area (Å²) in [6.07, 6.45) is 0. The van der Waals surface area contributed by atoms with Crippen LogP contribution in [0.4, 0.5) is 0 Å². The first-order valence-electron chi connectivity index (χ1n) is 3.64. The Kier molecular flexibility index (Phi) is 0.945. The lowest BCUT2D eigenvalue weighted by Gasteiger charge is -2.19. The number of rotatable bonds is 0. The highest BCUT2D eigenvalue weighted by Gasteiger charge is 2.54. The molecule has 2 nitrogen and oxygen atoms in total. The Morgan fingerprint density at radius 1 is 1.33 bits per heavy atom. The van der Waals surface area contributed by atoms with Crippen molar-refractivity contribution in [1.82, 2.24) is 9.80 Å². The normalized spacial score (nSPS) is 57.7. The molecule has 2 fully saturated rings. The maximum Gasteiger partial charge on any atom is 0.0417 e. The van der Waals surface area contributed by atoms with Crippen LogP contribution in [0.2, 0.25) is 0 Å². The van der Waals surface area contributed by atoms with Gasteiger partial charge in [0.1, 0.15) is 0 Å². The summed E-state index contributed by atoms with van der Waals surface area (Å²) in [6.45, 7) is 3.59. The number of likely N-dealkylation sites (tertiary alicyclic amines) is 1. The van der Waals surface area contributed by atoms with Crippen molar-refractivity contribution >= 4 is 0 Å². The first kappa shape index (κ1) is 5.69. The second kappa shape index (κ2) is 1.50. The zero-order valence-corrected chi connectivity index (χ0v) is 6.33. The van der Waals surface area contributed by atoms with E-state index < -0.39 is 0 Å². The van der Waals surface area contributed by atoms with E-state index in [9.17, 15) is 0 Å². The Balaban J connectivity index is 2.07.